The molecule has 3 heterocycles. The molecule has 2 aromatic heterocycles. The summed E-state index contributed by atoms with van der Waals surface area (Å²) < 4.78 is 4.35. The largest absolute Gasteiger partial charge is 0.340 e. The van der Waals surface area contributed by atoms with E-state index in [4.69, 9.17) is 9.97 Å². The minimum absolute atomic E-state index is 0.115. The molecule has 1 aliphatic heterocycles. The van der Waals surface area contributed by atoms with Gasteiger partial charge in [0.25, 0.3) is 5.56 Å². The molecule has 8 nitrogen and oxygen atoms in total. The second kappa shape index (κ2) is 9.49. The van der Waals surface area contributed by atoms with E-state index < -0.39 is 0 Å². The van der Waals surface area contributed by atoms with Crippen molar-refractivity contribution in [3.05, 3.63) is 10.4 Å². The van der Waals surface area contributed by atoms with Gasteiger partial charge in [0.1, 0.15) is 4.38 Å². The molecule has 0 spiro atoms. The highest BCUT2D eigenvalue weighted by molar-refractivity contribution is 8.38. The number of piperazine rings is 1. The van der Waals surface area contributed by atoms with Gasteiger partial charge in [-0.05, 0) is 31.9 Å². The van der Waals surface area contributed by atoms with Gasteiger partial charge >= 0.3 is 0 Å². The number of aliphatic imine (C=N–C) groups is 1. The third-order valence-corrected chi connectivity index (χ3v) is 6.46. The van der Waals surface area contributed by atoms with Gasteiger partial charge in [-0.25, -0.2) is 4.98 Å². The molecule has 0 radical (unpaired) electrons. The van der Waals surface area contributed by atoms with Crippen molar-refractivity contribution >= 4 is 45.0 Å². The smallest absolute Gasteiger partial charge is 0.280 e. The SMILES string of the molecule is CC#CCn1c(N2CCNCC2)nc2nc(SC(=NCC)SC)n(C)c(=O)c21. The molecule has 0 atom stereocenters. The monoisotopic (exact) mass is 419 g/mol. The van der Waals surface area contributed by atoms with Crippen LogP contribution in [-0.2, 0) is 13.6 Å². The lowest BCUT2D eigenvalue weighted by Gasteiger charge is -2.28. The van der Waals surface area contributed by atoms with E-state index in [0.29, 0.717) is 29.4 Å². The molecule has 28 heavy (non-hydrogen) atoms. The Morgan fingerprint density at radius 3 is 2.71 bits per heavy atom. The van der Waals surface area contributed by atoms with E-state index in [1.807, 2.05) is 17.7 Å². The van der Waals surface area contributed by atoms with Gasteiger partial charge in [0.05, 0.1) is 6.54 Å². The predicted octanol–water partition coefficient (Wildman–Crippen LogP) is 1.39. The van der Waals surface area contributed by atoms with Gasteiger partial charge in [0.2, 0.25) is 5.95 Å². The Balaban J connectivity index is 2.14. The molecule has 1 saturated heterocycles. The van der Waals surface area contributed by atoms with Crippen molar-refractivity contribution in [1.82, 2.24) is 24.4 Å². The average Bonchev–Trinajstić information content (AvgIpc) is 3.08. The molecule has 0 bridgehead atoms. The number of fused-ring (bicyclic) bond motifs is 1. The van der Waals surface area contributed by atoms with Gasteiger partial charge in [-0.3, -0.25) is 18.9 Å². The zero-order valence-electron chi connectivity index (χ0n) is 16.7. The fraction of sp³-hybridized carbons (Fsp3) is 0.556. The third kappa shape index (κ3) is 4.21. The minimum atomic E-state index is -0.115. The molecule has 1 N–H and O–H groups in total. The van der Waals surface area contributed by atoms with Crippen LogP contribution in [0.1, 0.15) is 13.8 Å². The topological polar surface area (TPSA) is 80.3 Å². The Bertz CT molecular complexity index is 993. The molecule has 0 aliphatic carbocycles. The average molecular weight is 420 g/mol. The van der Waals surface area contributed by atoms with Gasteiger partial charge in [0.15, 0.2) is 16.3 Å². The highest BCUT2D eigenvalue weighted by Crippen LogP contribution is 2.25. The lowest BCUT2D eigenvalue weighted by atomic mass is 10.4. The van der Waals surface area contributed by atoms with E-state index in [-0.39, 0.29) is 5.56 Å². The van der Waals surface area contributed by atoms with Crippen LogP contribution in [0.4, 0.5) is 5.95 Å². The van der Waals surface area contributed by atoms with E-state index in [2.05, 4.69) is 27.0 Å². The van der Waals surface area contributed by atoms with Crippen LogP contribution >= 0.6 is 23.5 Å². The molecule has 0 aromatic carbocycles. The quantitative estimate of drug-likeness (QED) is 0.264. The third-order valence-electron chi connectivity index (χ3n) is 4.38. The normalized spacial score (nSPS) is 15.0. The Hall–Kier alpha value is -1.96. The van der Waals surface area contributed by atoms with Crippen LogP contribution in [0.2, 0.25) is 0 Å². The van der Waals surface area contributed by atoms with E-state index in [1.165, 1.54) is 11.8 Å². The molecule has 150 valence electrons. The van der Waals surface area contributed by atoms with Crippen LogP contribution in [0.15, 0.2) is 14.9 Å². The number of anilines is 1. The highest BCUT2D eigenvalue weighted by Gasteiger charge is 2.23. The number of thioether (sulfide) groups is 2. The molecule has 0 saturated carbocycles. The fourth-order valence-electron chi connectivity index (χ4n) is 2.98. The zero-order chi connectivity index (χ0) is 20.1. The molecular formula is C18H25N7OS2. The number of imidazole rings is 1. The van der Waals surface area contributed by atoms with Crippen molar-refractivity contribution in [3.63, 3.8) is 0 Å². The van der Waals surface area contributed by atoms with Crippen molar-refractivity contribution < 1.29 is 0 Å². The van der Waals surface area contributed by atoms with Crippen LogP contribution in [0.3, 0.4) is 0 Å². The highest BCUT2D eigenvalue weighted by atomic mass is 32.2. The van der Waals surface area contributed by atoms with E-state index >= 15 is 0 Å². The fourth-order valence-corrected chi connectivity index (χ4v) is 4.50. The molecule has 3 rings (SSSR count). The van der Waals surface area contributed by atoms with Crippen LogP contribution in [0.5, 0.6) is 0 Å². The summed E-state index contributed by atoms with van der Waals surface area (Å²) >= 11 is 2.95. The Labute approximate surface area is 173 Å². The maximum absolute atomic E-state index is 13.2. The Morgan fingerprint density at radius 2 is 2.07 bits per heavy atom. The Kier molecular flexibility index (Phi) is 7.04. The van der Waals surface area contributed by atoms with Crippen molar-refractivity contribution in [2.45, 2.75) is 25.5 Å². The minimum Gasteiger partial charge on any atom is -0.340 e. The molecule has 2 aromatic rings. The van der Waals surface area contributed by atoms with Crippen LogP contribution in [0.25, 0.3) is 11.2 Å². The summed E-state index contributed by atoms with van der Waals surface area (Å²) in [4.78, 5) is 29.3. The summed E-state index contributed by atoms with van der Waals surface area (Å²) in [6.45, 7) is 8.35. The molecule has 10 heteroatoms. The van der Waals surface area contributed by atoms with Crippen molar-refractivity contribution in [2.24, 2.45) is 12.0 Å². The number of nitrogens with one attached hydrogen (secondary N) is 1. The van der Waals surface area contributed by atoms with E-state index in [1.54, 1.807) is 30.3 Å². The molecule has 1 aliphatic rings. The van der Waals surface area contributed by atoms with Gasteiger partial charge < -0.3 is 10.2 Å². The first-order chi connectivity index (χ1) is 13.6. The number of hydrogen-bond acceptors (Lipinski definition) is 8. The number of aromatic nitrogens is 4. The second-order valence-corrected chi connectivity index (χ2v) is 8.15. The van der Waals surface area contributed by atoms with Gasteiger partial charge in [-0.2, -0.15) is 4.98 Å². The summed E-state index contributed by atoms with van der Waals surface area (Å²) in [7, 11) is 1.74. The maximum atomic E-state index is 13.2. The summed E-state index contributed by atoms with van der Waals surface area (Å²) in [6, 6.07) is 0. The summed E-state index contributed by atoms with van der Waals surface area (Å²) in [6.07, 6.45) is 1.97. The molecule has 0 unspecified atom stereocenters. The number of hydrogen-bond donors (Lipinski definition) is 1. The first kappa shape index (κ1) is 20.8. The first-order valence-corrected chi connectivity index (χ1v) is 11.2. The van der Waals surface area contributed by atoms with E-state index in [0.717, 1.165) is 36.5 Å². The predicted molar refractivity (Wildman–Crippen MR) is 119 cm³/mol. The number of nitrogens with zero attached hydrogens (tertiary/aromatic N) is 6. The summed E-state index contributed by atoms with van der Waals surface area (Å²) in [5, 5.41) is 3.94. The van der Waals surface area contributed by atoms with Gasteiger partial charge in [0, 0.05) is 39.8 Å². The standard InChI is InChI=1S/C18H25N7OS2/c1-5-7-10-25-13-14(21-16(25)24-11-8-19-9-12-24)22-17(23(3)15(13)26)28-18(27-4)20-6-2/h19H,6,8-12H2,1-4H3. The number of rotatable bonds is 4. The maximum Gasteiger partial charge on any atom is 0.280 e. The molecular weight excluding hydrogens is 394 g/mol. The van der Waals surface area contributed by atoms with E-state index in [9.17, 15) is 4.79 Å². The summed E-state index contributed by atoms with van der Waals surface area (Å²) in [5.74, 6) is 6.74. The lowest BCUT2D eigenvalue weighted by Crippen LogP contribution is -2.44. The van der Waals surface area contributed by atoms with Crippen LogP contribution < -0.4 is 15.8 Å². The second-order valence-electron chi connectivity index (χ2n) is 6.14. The first-order valence-electron chi connectivity index (χ1n) is 9.19. The summed E-state index contributed by atoms with van der Waals surface area (Å²) in [5.41, 5.74) is 0.853. The van der Waals surface area contributed by atoms with Gasteiger partial charge in [-0.15, -0.1) is 17.7 Å². The van der Waals surface area contributed by atoms with Crippen molar-refractivity contribution in [1.29, 1.82) is 0 Å². The lowest BCUT2D eigenvalue weighted by molar-refractivity contribution is 0.573. The van der Waals surface area contributed by atoms with Crippen LogP contribution in [-0.4, -0.2) is 62.5 Å². The molecule has 0 amide bonds. The van der Waals surface area contributed by atoms with Crippen molar-refractivity contribution in [3.8, 4) is 11.8 Å². The van der Waals surface area contributed by atoms with Crippen LogP contribution in [0, 0.1) is 11.8 Å². The molecule has 1 fully saturated rings. The zero-order valence-corrected chi connectivity index (χ0v) is 18.3. The Morgan fingerprint density at radius 1 is 1.32 bits per heavy atom. The van der Waals surface area contributed by atoms with Crippen molar-refractivity contribution in [2.75, 3.05) is 43.9 Å². The van der Waals surface area contributed by atoms with Gasteiger partial charge in [-0.1, -0.05) is 5.92 Å².